The summed E-state index contributed by atoms with van der Waals surface area (Å²) in [6.07, 6.45) is -0.167. The summed E-state index contributed by atoms with van der Waals surface area (Å²) in [5, 5.41) is 40.5. The van der Waals surface area contributed by atoms with Crippen molar-refractivity contribution < 1.29 is 77.1 Å². The van der Waals surface area contributed by atoms with Crippen LogP contribution in [0.25, 0.3) is 43.1 Å². The highest BCUT2D eigenvalue weighted by atomic mass is 35.5. The number of aromatic hydroxyl groups is 1. The van der Waals surface area contributed by atoms with Gasteiger partial charge in [-0.2, -0.15) is 0 Å². The molecule has 14 rings (SSSR count). The lowest BCUT2D eigenvalue weighted by atomic mass is 9.95. The fraction of sp³-hybridized carbons (Fsp3) is 0.394. The summed E-state index contributed by atoms with van der Waals surface area (Å²) < 4.78 is 33.4. The van der Waals surface area contributed by atoms with Crippen LogP contribution in [-0.2, 0) is 9.47 Å². The van der Waals surface area contributed by atoms with E-state index in [4.69, 9.17) is 79.9 Å². The number of ether oxygens (including phenoxy) is 6. The zero-order chi connectivity index (χ0) is 91.1. The Morgan fingerprint density at radius 2 is 0.865 bits per heavy atom. The van der Waals surface area contributed by atoms with Crippen LogP contribution < -0.4 is 39.0 Å². The number of nitrogens with one attached hydrogen (secondary N) is 1. The van der Waals surface area contributed by atoms with Gasteiger partial charge in [0.1, 0.15) is 44.8 Å². The number of carbonyl (C=O) groups excluding carboxylic acids is 6. The number of halogens is 4. The smallest absolute Gasteiger partial charge is 0.507 e. The number of hydrogen-bond acceptors (Lipinski definition) is 21. The molecule has 32 heteroatoms. The van der Waals surface area contributed by atoms with Crippen LogP contribution in [0.15, 0.2) is 158 Å². The van der Waals surface area contributed by atoms with Gasteiger partial charge < -0.3 is 73.4 Å². The molecule has 126 heavy (non-hydrogen) atoms. The molecule has 0 spiro atoms. The number of unbranched alkanes of at least 4 members (excludes halogenated alkanes) is 1. The molecule has 5 heterocycles. The minimum atomic E-state index is -1.06. The number of non-ortho nitro benzene ring substituents is 1. The second kappa shape index (κ2) is 44.0. The number of carboxylic acids is 1. The molecule has 0 unspecified atom stereocenters. The van der Waals surface area contributed by atoms with Gasteiger partial charge in [0, 0.05) is 177 Å². The Balaban J connectivity index is 0.000000186. The van der Waals surface area contributed by atoms with Crippen LogP contribution in [0.1, 0.15) is 134 Å². The SMILES string of the molecule is C.CC(C)(C)OC(=O)N1C[C@@H](CCl)c2c1cc(OC(=O)Oc1ccc([N+](=O)[O-])cc1)c1ccccc21.CCCCN(C)C.CN(C)CCN(C)C(=O)Oc1cc2c(c3ccccc13)[C@H](CCl)CN2.CN(C)CCN(C)C(=O)Oc1cc2c(c3ccccc13)[C@H](CCl)CN2C(=O)OC(C)(C)C.O=C(O)c1ccc(C(=O)N2C[C@@H](CCl)c3c2cc(O)c2ccccc32)s1. The first-order valence-electron chi connectivity index (χ1n) is 40.9. The zero-order valence-electron chi connectivity index (χ0n) is 72.9. The molecule has 0 saturated carbocycles. The Hall–Kier alpha value is -11.0. The van der Waals surface area contributed by atoms with Crippen molar-refractivity contribution in [2.75, 3.05) is 159 Å². The van der Waals surface area contributed by atoms with Crippen molar-refractivity contribution in [2.45, 2.75) is 104 Å². The highest BCUT2D eigenvalue weighted by Gasteiger charge is 2.41. The summed E-state index contributed by atoms with van der Waals surface area (Å²) >= 11 is 25.8. The minimum Gasteiger partial charge on any atom is -0.507 e. The molecule has 0 fully saturated rings. The van der Waals surface area contributed by atoms with Crippen molar-refractivity contribution in [2.24, 2.45) is 0 Å². The maximum Gasteiger partial charge on any atom is 0.519 e. The largest absolute Gasteiger partial charge is 0.519 e. The standard InChI is InChI=1S/C25H23ClN2O7.C24H32ClN3O4.C19H24ClN3O2.C19H14ClNO4S.C6H15N.CH4/c1-25(2,3)35-23(29)27-14-15(13-26)22-19-7-5-4-6-18(19)21(12-20(22)27)34-24(30)33-17-10-8-16(9-11-17)28(31)32;1-24(2,3)32-23(30)28-15-16(14-25)21-18-10-8-7-9-17(18)20(13-19(21)28)31-22(29)27(6)12-11-26(4)5;1-22(2)8-9-23(3)19(24)25-17-10-16-18(13(11-20)12-21-16)15-7-5-4-6-14(15)17;20-8-10-9-21(18(23)15-5-6-16(26-15)19(24)25)13-7-14(22)11-3-1-2-4-12(11)17(10)13;1-4-5-6-7(2)3;/h4-12,15H,13-14H2,1-3H3;7-10,13,16H,11-12,14-15H2,1-6H3;4-7,10,13,21H,8-9,11-12H2,1-3H3;1-7,10,22H,8-9H2,(H,24,25);4-6H2,1-3H3;1H4/t15-;16-;13-;10-;;/m1111../s1. The highest BCUT2D eigenvalue weighted by molar-refractivity contribution is 7.16. The highest BCUT2D eigenvalue weighted by Crippen LogP contribution is 2.50. The number of nitro groups is 1. The average molecular weight is 1830 g/mol. The van der Waals surface area contributed by atoms with Gasteiger partial charge in [-0.25, -0.2) is 28.8 Å². The number of hydrogen-bond donors (Lipinski definition) is 3. The quantitative estimate of drug-likeness (QED) is 0.0210. The van der Waals surface area contributed by atoms with E-state index in [1.807, 2.05) is 144 Å². The van der Waals surface area contributed by atoms with Crippen molar-refractivity contribution in [1.82, 2.24) is 24.5 Å². The third kappa shape index (κ3) is 24.4. The normalized spacial score (nSPS) is 15.2. The van der Waals surface area contributed by atoms with Gasteiger partial charge in [-0.15, -0.1) is 57.7 Å². The van der Waals surface area contributed by atoms with Crippen LogP contribution in [-0.4, -0.2) is 232 Å². The number of likely N-dealkylation sites (N-methyl/N-ethyl adjacent to an activating group) is 4. The Labute approximate surface area is 759 Å². The maximum absolute atomic E-state index is 13.0. The number of benzene rings is 9. The number of anilines is 4. The fourth-order valence-electron chi connectivity index (χ4n) is 14.7. The third-order valence-electron chi connectivity index (χ3n) is 20.8. The van der Waals surface area contributed by atoms with Crippen molar-refractivity contribution >= 4 is 172 Å². The van der Waals surface area contributed by atoms with E-state index in [0.717, 1.165) is 91.1 Å². The molecular formula is C94H112Cl4N10O17S. The summed E-state index contributed by atoms with van der Waals surface area (Å²) in [5.74, 6) is 1.63. The van der Waals surface area contributed by atoms with Gasteiger partial charge >= 0.3 is 36.5 Å². The number of amides is 5. The summed E-state index contributed by atoms with van der Waals surface area (Å²) in [4.78, 5) is 112. The van der Waals surface area contributed by atoms with E-state index in [1.54, 1.807) is 79.9 Å². The number of nitro benzene ring substituents is 1. The van der Waals surface area contributed by atoms with E-state index >= 15 is 0 Å². The molecule has 5 amide bonds. The fourth-order valence-corrected chi connectivity index (χ4v) is 16.5. The number of aromatic carboxylic acids is 1. The number of fused-ring (bicyclic) bond motifs is 12. The first-order valence-corrected chi connectivity index (χ1v) is 43.8. The molecule has 9 aromatic carbocycles. The number of rotatable bonds is 20. The molecule has 0 aliphatic carbocycles. The Bertz CT molecular complexity index is 5570. The lowest BCUT2D eigenvalue weighted by molar-refractivity contribution is -0.384. The molecule has 0 radical (unpaired) electrons. The first-order chi connectivity index (χ1) is 59.4. The molecular weight excluding hydrogens is 1710 g/mol. The summed E-state index contributed by atoms with van der Waals surface area (Å²) in [6.45, 7) is 18.9. The molecule has 0 bridgehead atoms. The molecule has 4 atom stereocenters. The van der Waals surface area contributed by atoms with Gasteiger partial charge in [0.2, 0.25) is 0 Å². The summed E-state index contributed by atoms with van der Waals surface area (Å²) in [6, 6.07) is 45.4. The van der Waals surface area contributed by atoms with Crippen molar-refractivity contribution in [3.63, 3.8) is 0 Å². The predicted octanol–water partition coefficient (Wildman–Crippen LogP) is 21.2. The topological polar surface area (TPSA) is 296 Å². The van der Waals surface area contributed by atoms with Gasteiger partial charge in [-0.1, -0.05) is 118 Å². The van der Waals surface area contributed by atoms with Crippen molar-refractivity contribution in [1.29, 1.82) is 0 Å². The van der Waals surface area contributed by atoms with Gasteiger partial charge in [-0.05, 0) is 165 Å². The number of phenols is 1. The lowest BCUT2D eigenvalue weighted by Gasteiger charge is -2.25. The third-order valence-corrected chi connectivity index (χ3v) is 23.4. The van der Waals surface area contributed by atoms with Crippen LogP contribution in [0.3, 0.4) is 0 Å². The molecule has 674 valence electrons. The summed E-state index contributed by atoms with van der Waals surface area (Å²) in [7, 11) is 15.5. The molecule has 4 aliphatic rings. The van der Waals surface area contributed by atoms with E-state index in [0.29, 0.717) is 95.1 Å². The van der Waals surface area contributed by atoms with Crippen molar-refractivity contribution in [3.05, 3.63) is 200 Å². The molecule has 4 aliphatic heterocycles. The van der Waals surface area contributed by atoms with Crippen molar-refractivity contribution in [3.8, 4) is 28.7 Å². The van der Waals surface area contributed by atoms with Crippen LogP contribution in [0, 0.1) is 10.1 Å². The number of alkyl halides is 4. The Kier molecular flexibility index (Phi) is 34.5. The van der Waals surface area contributed by atoms with Gasteiger partial charge in [-0.3, -0.25) is 24.7 Å². The van der Waals surface area contributed by atoms with E-state index in [-0.39, 0.29) is 70.9 Å². The number of nitrogens with zero attached hydrogens (tertiary/aromatic N) is 9. The molecule has 27 nitrogen and oxygen atoms in total. The minimum absolute atomic E-state index is 0. The Morgan fingerprint density at radius 3 is 1.25 bits per heavy atom. The van der Waals surface area contributed by atoms with Gasteiger partial charge in [0.25, 0.3) is 11.6 Å². The maximum atomic E-state index is 13.0. The molecule has 0 saturated heterocycles. The van der Waals surface area contributed by atoms with E-state index in [1.165, 1.54) is 71.1 Å². The second-order valence-corrected chi connectivity index (χ2v) is 35.7. The predicted molar refractivity (Wildman–Crippen MR) is 504 cm³/mol. The first kappa shape index (κ1) is 98.8. The Morgan fingerprint density at radius 1 is 0.484 bits per heavy atom. The number of thiophene rings is 1. The van der Waals surface area contributed by atoms with Crippen LogP contribution in [0.2, 0.25) is 0 Å². The van der Waals surface area contributed by atoms with Crippen LogP contribution in [0.4, 0.5) is 52.4 Å². The van der Waals surface area contributed by atoms with Gasteiger partial charge in [0.05, 0.1) is 26.9 Å². The van der Waals surface area contributed by atoms with Crippen LogP contribution >= 0.6 is 57.7 Å². The number of phenolic OH excluding ortho intramolecular Hbond substituents is 1. The average Bonchev–Trinajstić information content (AvgIpc) is 1.60. The summed E-state index contributed by atoms with van der Waals surface area (Å²) in [5.41, 5.74) is 5.39. The second-order valence-electron chi connectivity index (χ2n) is 33.4. The van der Waals surface area contributed by atoms with Crippen LogP contribution in [0.5, 0.6) is 28.7 Å². The van der Waals surface area contributed by atoms with E-state index in [2.05, 4.69) is 37.3 Å². The molecule has 3 N–H and O–H groups in total. The number of carboxylic acid groups (broad SMARTS) is 1. The van der Waals surface area contributed by atoms with E-state index in [9.17, 15) is 48.8 Å². The van der Waals surface area contributed by atoms with E-state index < -0.39 is 46.5 Å². The molecule has 10 aromatic rings. The number of carbonyl (C=O) groups is 7. The monoisotopic (exact) mass is 1820 g/mol. The molecule has 1 aromatic heterocycles. The van der Waals surface area contributed by atoms with Gasteiger partial charge in [0.15, 0.2) is 0 Å². The lowest BCUT2D eigenvalue weighted by Crippen LogP contribution is -2.36. The zero-order valence-corrected chi connectivity index (χ0v) is 76.7.